The van der Waals surface area contributed by atoms with E-state index in [0.29, 0.717) is 21.9 Å². The number of ether oxygens (including phenoxy) is 2. The van der Waals surface area contributed by atoms with Crippen molar-refractivity contribution in [3.05, 3.63) is 29.1 Å². The predicted molar refractivity (Wildman–Crippen MR) is 69.3 cm³/mol. The average Bonchev–Trinajstić information content (AvgIpc) is 2.39. The van der Waals surface area contributed by atoms with Crippen LogP contribution >= 0.6 is 15.9 Å². The van der Waals surface area contributed by atoms with Gasteiger partial charge in [-0.25, -0.2) is 0 Å². The van der Waals surface area contributed by atoms with Crippen molar-refractivity contribution in [1.82, 2.24) is 20.4 Å². The van der Waals surface area contributed by atoms with Gasteiger partial charge in [-0.15, -0.1) is 10.2 Å². The third-order valence-electron chi connectivity index (χ3n) is 1.72. The molecule has 8 heteroatoms. The minimum atomic E-state index is 0.370. The summed E-state index contributed by atoms with van der Waals surface area (Å²) in [5.41, 5.74) is 5.28. The molecule has 0 amide bonds. The fourth-order valence-corrected chi connectivity index (χ4v) is 1.23. The Kier molecular flexibility index (Phi) is 5.78. The lowest BCUT2D eigenvalue weighted by Crippen LogP contribution is -1.93. The van der Waals surface area contributed by atoms with Gasteiger partial charge in [-0.1, -0.05) is 0 Å². The van der Waals surface area contributed by atoms with Crippen LogP contribution in [0.5, 0.6) is 11.5 Å². The van der Waals surface area contributed by atoms with Crippen LogP contribution in [0.1, 0.15) is 0 Å². The Bertz CT molecular complexity index is 452. The molecule has 0 saturated heterocycles. The molecular formula is C10H12BrN5O2. The zero-order valence-electron chi connectivity index (χ0n) is 9.87. The fraction of sp³-hybridized carbons (Fsp3) is 0.200. The van der Waals surface area contributed by atoms with Crippen LogP contribution < -0.4 is 15.2 Å². The summed E-state index contributed by atoms with van der Waals surface area (Å²) >= 11 is 3.15. The van der Waals surface area contributed by atoms with E-state index in [9.17, 15) is 0 Å². The van der Waals surface area contributed by atoms with Gasteiger partial charge in [-0.2, -0.15) is 10.2 Å². The first kappa shape index (κ1) is 14.1. The molecule has 18 heavy (non-hydrogen) atoms. The van der Waals surface area contributed by atoms with Crippen LogP contribution in [-0.2, 0) is 0 Å². The van der Waals surface area contributed by atoms with Crippen molar-refractivity contribution in [1.29, 1.82) is 0 Å². The number of hydrogen-bond donors (Lipinski definition) is 1. The highest BCUT2D eigenvalue weighted by Crippen LogP contribution is 2.11. The lowest BCUT2D eigenvalue weighted by atomic mass is 10.5. The molecule has 0 atom stereocenters. The summed E-state index contributed by atoms with van der Waals surface area (Å²) in [4.78, 5) is 0. The first-order valence-electron chi connectivity index (χ1n) is 4.80. The van der Waals surface area contributed by atoms with Gasteiger partial charge >= 0.3 is 0 Å². The maximum Gasteiger partial charge on any atom is 0.149 e. The molecule has 0 aromatic carbocycles. The molecule has 7 nitrogen and oxygen atoms in total. The molecule has 2 aromatic heterocycles. The summed E-state index contributed by atoms with van der Waals surface area (Å²) in [5.74, 6) is 1.70. The number of nitrogens with zero attached hydrogens (tertiary/aromatic N) is 4. The normalized spacial score (nSPS) is 9.06. The Labute approximate surface area is 112 Å². The highest BCUT2D eigenvalue weighted by molar-refractivity contribution is 9.10. The van der Waals surface area contributed by atoms with Crippen molar-refractivity contribution in [3.8, 4) is 11.5 Å². The minimum absolute atomic E-state index is 0.370. The molecule has 2 heterocycles. The van der Waals surface area contributed by atoms with Crippen LogP contribution in [-0.4, -0.2) is 34.6 Å². The smallest absolute Gasteiger partial charge is 0.149 e. The quantitative estimate of drug-likeness (QED) is 0.893. The number of methoxy groups -OCH3 is 2. The number of aromatic nitrogens is 4. The Morgan fingerprint density at radius 3 is 1.94 bits per heavy atom. The molecule has 0 aliphatic carbocycles. The Hall–Kier alpha value is -1.96. The lowest BCUT2D eigenvalue weighted by Gasteiger charge is -1.95. The first-order valence-corrected chi connectivity index (χ1v) is 5.59. The van der Waals surface area contributed by atoms with E-state index < -0.39 is 0 Å². The van der Waals surface area contributed by atoms with Crippen LogP contribution in [0.15, 0.2) is 29.1 Å². The molecule has 2 rings (SSSR count). The summed E-state index contributed by atoms with van der Waals surface area (Å²) < 4.78 is 10.4. The molecule has 0 aliphatic heterocycles. The van der Waals surface area contributed by atoms with Gasteiger partial charge in [0.05, 0.1) is 26.6 Å². The van der Waals surface area contributed by atoms with E-state index >= 15 is 0 Å². The average molecular weight is 314 g/mol. The maximum atomic E-state index is 5.28. The van der Waals surface area contributed by atoms with Gasteiger partial charge < -0.3 is 15.2 Å². The summed E-state index contributed by atoms with van der Waals surface area (Å²) in [6, 6.07) is 3.35. The van der Waals surface area contributed by atoms with Crippen molar-refractivity contribution in [2.24, 2.45) is 0 Å². The Morgan fingerprint density at radius 2 is 1.56 bits per heavy atom. The molecule has 2 aromatic rings. The number of nitrogen functional groups attached to an aromatic ring is 1. The predicted octanol–water partition coefficient (Wildman–Crippen LogP) is 1.32. The van der Waals surface area contributed by atoms with E-state index in [-0.39, 0.29) is 0 Å². The van der Waals surface area contributed by atoms with E-state index in [2.05, 4.69) is 36.3 Å². The standard InChI is InChI=1S/C5H5BrN2O.C5H7N3O/c2*1-9-4-2-5(6)8-7-3-4/h2-3H,1H3;2-3H,1H3,(H2,6,8). The maximum absolute atomic E-state index is 5.28. The Balaban J connectivity index is 0.000000180. The van der Waals surface area contributed by atoms with Gasteiger partial charge in [-0.05, 0) is 15.9 Å². The largest absolute Gasteiger partial charge is 0.495 e. The highest BCUT2D eigenvalue weighted by Gasteiger charge is 1.91. The van der Waals surface area contributed by atoms with Crippen molar-refractivity contribution < 1.29 is 9.47 Å². The molecule has 0 aliphatic rings. The van der Waals surface area contributed by atoms with Crippen LogP contribution in [0.2, 0.25) is 0 Å². The topological polar surface area (TPSA) is 96.0 Å². The van der Waals surface area contributed by atoms with Gasteiger partial charge in [0.15, 0.2) is 0 Å². The Morgan fingerprint density at radius 1 is 1.00 bits per heavy atom. The molecule has 96 valence electrons. The summed E-state index contributed by atoms with van der Waals surface area (Å²) in [6.45, 7) is 0. The highest BCUT2D eigenvalue weighted by atomic mass is 79.9. The summed E-state index contributed by atoms with van der Waals surface area (Å²) in [6.07, 6.45) is 3.04. The molecule has 2 N–H and O–H groups in total. The van der Waals surface area contributed by atoms with E-state index in [1.807, 2.05) is 0 Å². The molecular weight excluding hydrogens is 302 g/mol. The van der Waals surface area contributed by atoms with E-state index in [0.717, 1.165) is 0 Å². The fourth-order valence-electron chi connectivity index (χ4n) is 0.912. The minimum Gasteiger partial charge on any atom is -0.495 e. The second-order valence-corrected chi connectivity index (χ2v) is 3.75. The van der Waals surface area contributed by atoms with E-state index in [4.69, 9.17) is 15.2 Å². The van der Waals surface area contributed by atoms with Gasteiger partial charge in [0.2, 0.25) is 0 Å². The number of nitrogens with two attached hydrogens (primary N) is 1. The van der Waals surface area contributed by atoms with E-state index in [1.165, 1.54) is 6.20 Å². The van der Waals surface area contributed by atoms with Gasteiger partial charge in [-0.3, -0.25) is 0 Å². The van der Waals surface area contributed by atoms with Gasteiger partial charge in [0, 0.05) is 12.1 Å². The van der Waals surface area contributed by atoms with Crippen LogP contribution in [0.4, 0.5) is 5.82 Å². The second kappa shape index (κ2) is 7.38. The molecule has 0 bridgehead atoms. The van der Waals surface area contributed by atoms with Crippen molar-refractivity contribution in [2.75, 3.05) is 20.0 Å². The zero-order chi connectivity index (χ0) is 13.4. The second-order valence-electron chi connectivity index (χ2n) is 2.94. The van der Waals surface area contributed by atoms with Crippen LogP contribution in [0.3, 0.4) is 0 Å². The molecule has 0 fully saturated rings. The molecule has 0 spiro atoms. The number of halogens is 1. The SMILES string of the molecule is COc1cnnc(Br)c1.COc1cnnc(N)c1. The first-order chi connectivity index (χ1) is 8.65. The van der Waals surface area contributed by atoms with Crippen molar-refractivity contribution in [3.63, 3.8) is 0 Å². The summed E-state index contributed by atoms with van der Waals surface area (Å²) in [5, 5.41) is 14.4. The van der Waals surface area contributed by atoms with E-state index in [1.54, 1.807) is 32.5 Å². The third kappa shape index (κ3) is 4.91. The number of hydrogen-bond acceptors (Lipinski definition) is 7. The monoisotopic (exact) mass is 313 g/mol. The van der Waals surface area contributed by atoms with Crippen LogP contribution in [0, 0.1) is 0 Å². The lowest BCUT2D eigenvalue weighted by molar-refractivity contribution is 0.411. The summed E-state index contributed by atoms with van der Waals surface area (Å²) in [7, 11) is 3.14. The van der Waals surface area contributed by atoms with Gasteiger partial charge in [0.25, 0.3) is 0 Å². The zero-order valence-corrected chi connectivity index (χ0v) is 11.5. The molecule has 0 saturated carbocycles. The number of anilines is 1. The molecule has 0 unspecified atom stereocenters. The third-order valence-corrected chi connectivity index (χ3v) is 2.11. The van der Waals surface area contributed by atoms with Gasteiger partial charge in [0.1, 0.15) is 21.9 Å². The number of rotatable bonds is 2. The van der Waals surface area contributed by atoms with Crippen molar-refractivity contribution in [2.45, 2.75) is 0 Å². The van der Waals surface area contributed by atoms with Crippen LogP contribution in [0.25, 0.3) is 0 Å². The van der Waals surface area contributed by atoms with Crippen molar-refractivity contribution >= 4 is 21.7 Å². The molecule has 0 radical (unpaired) electrons.